The standard InChI is InChI=1S/C61H121NO4/c1-3-5-7-9-11-13-15-17-19-21-23-25-27-29-30-31-32-34-36-38-40-42-44-46-48-50-52-54-56-60(65)61(66)62-58(57-63)59(64)55-53-51-49-47-45-43-41-39-37-35-33-28-26-24-22-20-18-16-14-12-10-8-6-4-2/h29-30,58-60,63-65H,3-28,31-57H2,1-2H3,(H,62,66)/b30-29-. The zero-order chi connectivity index (χ0) is 47.9. The van der Waals surface area contributed by atoms with Gasteiger partial charge in [0.25, 0.3) is 0 Å². The van der Waals surface area contributed by atoms with Crippen LogP contribution in [-0.4, -0.2) is 46.1 Å². The third-order valence-electron chi connectivity index (χ3n) is 14.6. The number of rotatable bonds is 57. The Labute approximate surface area is 414 Å². The van der Waals surface area contributed by atoms with Gasteiger partial charge in [-0.1, -0.05) is 321 Å². The lowest BCUT2D eigenvalue weighted by Crippen LogP contribution is -2.49. The van der Waals surface area contributed by atoms with Crippen LogP contribution in [0.5, 0.6) is 0 Å². The van der Waals surface area contributed by atoms with Crippen molar-refractivity contribution in [3.63, 3.8) is 0 Å². The summed E-state index contributed by atoms with van der Waals surface area (Å²) in [6, 6.07) is -0.711. The van der Waals surface area contributed by atoms with Gasteiger partial charge in [0.05, 0.1) is 18.8 Å². The van der Waals surface area contributed by atoms with Crippen LogP contribution in [0.2, 0.25) is 0 Å². The molecule has 5 heteroatoms. The Morgan fingerprint density at radius 1 is 0.348 bits per heavy atom. The molecule has 0 saturated carbocycles. The Morgan fingerprint density at radius 3 is 0.833 bits per heavy atom. The monoisotopic (exact) mass is 932 g/mol. The van der Waals surface area contributed by atoms with Crippen molar-refractivity contribution >= 4 is 5.91 Å². The number of hydrogen-bond acceptors (Lipinski definition) is 4. The maximum absolute atomic E-state index is 12.6. The summed E-state index contributed by atoms with van der Waals surface area (Å²) in [5.74, 6) is -0.464. The lowest BCUT2D eigenvalue weighted by Gasteiger charge is -2.23. The average molecular weight is 933 g/mol. The van der Waals surface area contributed by atoms with Gasteiger partial charge >= 0.3 is 0 Å². The summed E-state index contributed by atoms with van der Waals surface area (Å²) >= 11 is 0. The molecule has 0 radical (unpaired) electrons. The first-order valence-corrected chi connectivity index (χ1v) is 30.5. The fourth-order valence-electron chi connectivity index (χ4n) is 9.90. The molecule has 0 aromatic carbocycles. The number of hydrogen-bond donors (Lipinski definition) is 4. The number of carbonyl (C=O) groups excluding carboxylic acids is 1. The number of unbranched alkanes of at least 4 members (excludes halogenated alkanes) is 47. The summed E-state index contributed by atoms with van der Waals surface area (Å²) in [5.41, 5.74) is 0. The van der Waals surface area contributed by atoms with E-state index >= 15 is 0 Å². The van der Waals surface area contributed by atoms with E-state index in [1.165, 1.54) is 289 Å². The second-order valence-corrected chi connectivity index (χ2v) is 21.3. The van der Waals surface area contributed by atoms with Gasteiger partial charge in [0.15, 0.2) is 0 Å². The minimum absolute atomic E-state index is 0.309. The third-order valence-corrected chi connectivity index (χ3v) is 14.6. The number of amides is 1. The van der Waals surface area contributed by atoms with Crippen molar-refractivity contribution in [3.05, 3.63) is 12.2 Å². The van der Waals surface area contributed by atoms with Crippen LogP contribution in [0.3, 0.4) is 0 Å². The van der Waals surface area contributed by atoms with E-state index in [4.69, 9.17) is 0 Å². The van der Waals surface area contributed by atoms with Crippen LogP contribution in [0.4, 0.5) is 0 Å². The number of carbonyl (C=O) groups is 1. The summed E-state index contributed by atoms with van der Waals surface area (Å²) in [6.07, 6.45) is 71.3. The lowest BCUT2D eigenvalue weighted by atomic mass is 10.0. The van der Waals surface area contributed by atoms with Gasteiger partial charge < -0.3 is 20.6 Å². The van der Waals surface area contributed by atoms with Crippen LogP contribution >= 0.6 is 0 Å². The normalized spacial score (nSPS) is 13.2. The van der Waals surface area contributed by atoms with Crippen LogP contribution in [0.25, 0.3) is 0 Å². The molecule has 3 atom stereocenters. The Bertz CT molecular complexity index is 940. The first kappa shape index (κ1) is 65.1. The molecule has 0 aliphatic heterocycles. The van der Waals surface area contributed by atoms with E-state index in [1.807, 2.05) is 0 Å². The molecule has 0 aromatic heterocycles. The van der Waals surface area contributed by atoms with Crippen LogP contribution in [0, 0.1) is 0 Å². The van der Waals surface area contributed by atoms with Gasteiger partial charge in [-0.2, -0.15) is 0 Å². The summed E-state index contributed by atoms with van der Waals surface area (Å²) in [4.78, 5) is 12.6. The van der Waals surface area contributed by atoms with Crippen LogP contribution < -0.4 is 5.32 Å². The molecule has 394 valence electrons. The van der Waals surface area contributed by atoms with Crippen molar-refractivity contribution in [2.75, 3.05) is 6.61 Å². The van der Waals surface area contributed by atoms with Crippen LogP contribution in [-0.2, 0) is 4.79 Å². The largest absolute Gasteiger partial charge is 0.394 e. The Hall–Kier alpha value is -0.910. The average Bonchev–Trinajstić information content (AvgIpc) is 3.32. The van der Waals surface area contributed by atoms with E-state index in [1.54, 1.807) is 0 Å². The van der Waals surface area contributed by atoms with Crippen molar-refractivity contribution < 1.29 is 20.1 Å². The van der Waals surface area contributed by atoms with Crippen molar-refractivity contribution in [2.24, 2.45) is 0 Å². The van der Waals surface area contributed by atoms with Crippen molar-refractivity contribution in [3.8, 4) is 0 Å². The van der Waals surface area contributed by atoms with Gasteiger partial charge in [-0.15, -0.1) is 0 Å². The van der Waals surface area contributed by atoms with E-state index in [0.717, 1.165) is 32.1 Å². The molecule has 0 bridgehead atoms. The Balaban J connectivity index is 3.49. The molecule has 0 spiro atoms. The maximum atomic E-state index is 12.6. The number of allylic oxidation sites excluding steroid dienone is 2. The highest BCUT2D eigenvalue weighted by atomic mass is 16.3. The fourth-order valence-corrected chi connectivity index (χ4v) is 9.90. The van der Waals surface area contributed by atoms with E-state index in [9.17, 15) is 20.1 Å². The zero-order valence-corrected chi connectivity index (χ0v) is 45.1. The van der Waals surface area contributed by atoms with Gasteiger partial charge in [0, 0.05) is 0 Å². The summed E-state index contributed by atoms with van der Waals surface area (Å²) < 4.78 is 0. The quantitative estimate of drug-likeness (QED) is 0.0361. The molecule has 0 aliphatic carbocycles. The topological polar surface area (TPSA) is 89.8 Å². The van der Waals surface area contributed by atoms with E-state index in [2.05, 4.69) is 31.3 Å². The second-order valence-electron chi connectivity index (χ2n) is 21.3. The van der Waals surface area contributed by atoms with Crippen LogP contribution in [0.15, 0.2) is 12.2 Å². The SMILES string of the molecule is CCCCCCCCCCCCCC/C=C\CCCCCCCCCCCCCCC(O)C(=O)NC(CO)C(O)CCCCCCCCCCCCCCCCCCCCCCCCCC. The first-order chi connectivity index (χ1) is 32.6. The van der Waals surface area contributed by atoms with Crippen molar-refractivity contribution in [1.29, 1.82) is 0 Å². The van der Waals surface area contributed by atoms with Crippen molar-refractivity contribution in [1.82, 2.24) is 5.32 Å². The first-order valence-electron chi connectivity index (χ1n) is 30.5. The fraction of sp³-hybridized carbons (Fsp3) is 0.951. The van der Waals surface area contributed by atoms with Crippen molar-refractivity contribution in [2.45, 2.75) is 366 Å². The minimum atomic E-state index is -1.07. The minimum Gasteiger partial charge on any atom is -0.394 e. The van der Waals surface area contributed by atoms with Gasteiger partial charge in [-0.25, -0.2) is 0 Å². The molecule has 66 heavy (non-hydrogen) atoms. The smallest absolute Gasteiger partial charge is 0.249 e. The van der Waals surface area contributed by atoms with Gasteiger partial charge in [0.2, 0.25) is 5.91 Å². The van der Waals surface area contributed by atoms with E-state index < -0.39 is 24.2 Å². The van der Waals surface area contributed by atoms with E-state index in [0.29, 0.717) is 12.8 Å². The molecule has 0 aromatic rings. The van der Waals surface area contributed by atoms with E-state index in [-0.39, 0.29) is 6.61 Å². The molecule has 0 aliphatic rings. The zero-order valence-electron chi connectivity index (χ0n) is 45.1. The molecule has 0 fully saturated rings. The lowest BCUT2D eigenvalue weighted by molar-refractivity contribution is -0.131. The molecule has 3 unspecified atom stereocenters. The highest BCUT2D eigenvalue weighted by molar-refractivity contribution is 5.80. The predicted molar refractivity (Wildman–Crippen MR) is 292 cm³/mol. The molecule has 0 saturated heterocycles. The summed E-state index contributed by atoms with van der Waals surface area (Å²) in [7, 11) is 0. The Kier molecular flexibility index (Phi) is 55.9. The number of aliphatic hydroxyl groups excluding tert-OH is 3. The summed E-state index contributed by atoms with van der Waals surface area (Å²) in [5, 5.41) is 33.6. The molecule has 4 N–H and O–H groups in total. The molecule has 5 nitrogen and oxygen atoms in total. The maximum Gasteiger partial charge on any atom is 0.249 e. The van der Waals surface area contributed by atoms with Gasteiger partial charge in [-0.05, 0) is 38.5 Å². The highest BCUT2D eigenvalue weighted by Gasteiger charge is 2.23. The molecule has 1 amide bonds. The van der Waals surface area contributed by atoms with Gasteiger partial charge in [0.1, 0.15) is 6.10 Å². The second kappa shape index (κ2) is 56.7. The predicted octanol–water partition coefficient (Wildman–Crippen LogP) is 19.1. The van der Waals surface area contributed by atoms with Gasteiger partial charge in [-0.3, -0.25) is 4.79 Å². The molecular formula is C61H121NO4. The highest BCUT2D eigenvalue weighted by Crippen LogP contribution is 2.19. The number of nitrogens with one attached hydrogen (secondary N) is 1. The van der Waals surface area contributed by atoms with Crippen LogP contribution in [0.1, 0.15) is 348 Å². The summed E-state index contributed by atoms with van der Waals surface area (Å²) in [6.45, 7) is 4.28. The Morgan fingerprint density at radius 2 is 0.576 bits per heavy atom. The molecule has 0 heterocycles. The molecule has 0 rings (SSSR count). The number of aliphatic hydroxyl groups is 3. The third kappa shape index (κ3) is 51.0. The molecular weight excluding hydrogens is 811 g/mol.